The summed E-state index contributed by atoms with van der Waals surface area (Å²) in [6.45, 7) is 3.00. The van der Waals surface area contributed by atoms with Crippen LogP contribution in [0.15, 0.2) is 0 Å². The van der Waals surface area contributed by atoms with Crippen molar-refractivity contribution in [1.82, 2.24) is 0 Å². The molecular formula is C12H18N4O4. The number of hydrogen-bond acceptors (Lipinski definition) is 7. The summed E-state index contributed by atoms with van der Waals surface area (Å²) in [5.74, 6) is -3.08. The molecule has 0 fully saturated rings. The van der Waals surface area contributed by atoms with E-state index in [1.54, 1.807) is 19.1 Å². The Labute approximate surface area is 116 Å². The van der Waals surface area contributed by atoms with Crippen molar-refractivity contribution < 1.29 is 19.4 Å². The van der Waals surface area contributed by atoms with Crippen molar-refractivity contribution in [1.29, 1.82) is 10.5 Å². The molecule has 0 aliphatic carbocycles. The molecule has 0 saturated heterocycles. The lowest BCUT2D eigenvalue weighted by molar-refractivity contribution is -0.155. The van der Waals surface area contributed by atoms with Gasteiger partial charge < -0.3 is 21.3 Å². The number of nitrogens with two attached hydrogens (primary N) is 2. The van der Waals surface area contributed by atoms with E-state index >= 15 is 0 Å². The van der Waals surface area contributed by atoms with Gasteiger partial charge in [0.25, 0.3) is 6.47 Å². The molecule has 0 spiro atoms. The first-order chi connectivity index (χ1) is 9.21. The lowest BCUT2D eigenvalue weighted by atomic mass is 9.69. The molecule has 0 rings (SSSR count). The molecule has 0 aromatic heterocycles. The second-order valence-electron chi connectivity index (χ2n) is 4.67. The van der Waals surface area contributed by atoms with Gasteiger partial charge in [0, 0.05) is 0 Å². The Bertz CT molecular complexity index is 451. The molecule has 0 bridgehead atoms. The molecule has 5 N–H and O–H groups in total. The van der Waals surface area contributed by atoms with E-state index in [-0.39, 0.29) is 12.9 Å². The number of carbonyl (C=O) groups excluding carboxylic acids is 1. The Kier molecular flexibility index (Phi) is 6.11. The predicted molar refractivity (Wildman–Crippen MR) is 67.7 cm³/mol. The normalized spacial score (nSPS) is 19.3. The first-order valence-electron chi connectivity index (χ1n) is 5.94. The first kappa shape index (κ1) is 17.8. The number of carbonyl (C=O) groups is 2. The molecule has 110 valence electrons. The molecule has 0 aromatic rings. The van der Waals surface area contributed by atoms with E-state index in [4.69, 9.17) is 21.5 Å². The summed E-state index contributed by atoms with van der Waals surface area (Å²) >= 11 is 0. The van der Waals surface area contributed by atoms with Crippen molar-refractivity contribution >= 4 is 12.4 Å². The smallest absolute Gasteiger partial charge is 0.313 e. The fourth-order valence-electron chi connectivity index (χ4n) is 1.92. The zero-order chi connectivity index (χ0) is 16.0. The largest absolute Gasteiger partial charge is 0.481 e. The molecule has 0 radical (unpaired) electrons. The van der Waals surface area contributed by atoms with Crippen molar-refractivity contribution in [3.05, 3.63) is 0 Å². The van der Waals surface area contributed by atoms with Gasteiger partial charge in [-0.25, -0.2) is 0 Å². The highest BCUT2D eigenvalue weighted by Gasteiger charge is 2.56. The van der Waals surface area contributed by atoms with E-state index in [9.17, 15) is 20.0 Å². The van der Waals surface area contributed by atoms with E-state index in [1.807, 2.05) is 0 Å². The van der Waals surface area contributed by atoms with Gasteiger partial charge in [-0.2, -0.15) is 10.5 Å². The quantitative estimate of drug-likeness (QED) is 0.501. The van der Waals surface area contributed by atoms with E-state index < -0.39 is 29.1 Å². The minimum absolute atomic E-state index is 0.0916. The number of carboxylic acid groups (broad SMARTS) is 1. The van der Waals surface area contributed by atoms with Gasteiger partial charge in [-0.3, -0.25) is 9.59 Å². The van der Waals surface area contributed by atoms with Crippen LogP contribution in [0.3, 0.4) is 0 Å². The van der Waals surface area contributed by atoms with Crippen molar-refractivity contribution in [3.8, 4) is 12.1 Å². The maximum absolute atomic E-state index is 11.5. The monoisotopic (exact) mass is 282 g/mol. The van der Waals surface area contributed by atoms with E-state index in [1.165, 1.54) is 0 Å². The van der Waals surface area contributed by atoms with Crippen LogP contribution in [0.4, 0.5) is 0 Å². The summed E-state index contributed by atoms with van der Waals surface area (Å²) in [5, 5.41) is 27.6. The molecule has 8 nitrogen and oxygen atoms in total. The van der Waals surface area contributed by atoms with E-state index in [2.05, 4.69) is 0 Å². The predicted octanol–water partition coefficient (Wildman–Crippen LogP) is -0.509. The van der Waals surface area contributed by atoms with Crippen LogP contribution in [-0.4, -0.2) is 34.7 Å². The molecule has 0 aromatic carbocycles. The van der Waals surface area contributed by atoms with Gasteiger partial charge >= 0.3 is 5.97 Å². The molecule has 20 heavy (non-hydrogen) atoms. The second-order valence-corrected chi connectivity index (χ2v) is 4.67. The van der Waals surface area contributed by atoms with Gasteiger partial charge in [0.1, 0.15) is 17.6 Å². The van der Waals surface area contributed by atoms with Crippen LogP contribution in [0, 0.1) is 28.6 Å². The van der Waals surface area contributed by atoms with Crippen LogP contribution in [0.25, 0.3) is 0 Å². The molecule has 0 saturated carbocycles. The van der Waals surface area contributed by atoms with Crippen LogP contribution >= 0.6 is 0 Å². The molecule has 0 aliphatic heterocycles. The lowest BCUT2D eigenvalue weighted by Gasteiger charge is -2.39. The van der Waals surface area contributed by atoms with Crippen molar-refractivity contribution in [3.63, 3.8) is 0 Å². The van der Waals surface area contributed by atoms with Gasteiger partial charge in [-0.15, -0.1) is 0 Å². The van der Waals surface area contributed by atoms with Crippen molar-refractivity contribution in [2.45, 2.75) is 43.9 Å². The second kappa shape index (κ2) is 6.85. The minimum atomic E-state index is -2.21. The van der Waals surface area contributed by atoms with Crippen LogP contribution < -0.4 is 11.5 Å². The fourth-order valence-corrected chi connectivity index (χ4v) is 1.92. The number of rotatable bonds is 8. The minimum Gasteiger partial charge on any atom is -0.481 e. The number of nitrogens with zero attached hydrogens (tertiary/aromatic N) is 2. The van der Waals surface area contributed by atoms with Crippen LogP contribution in [-0.2, 0) is 14.3 Å². The highest BCUT2D eigenvalue weighted by Crippen LogP contribution is 2.31. The maximum Gasteiger partial charge on any atom is 0.313 e. The molecule has 4 atom stereocenters. The Morgan fingerprint density at radius 2 is 2.00 bits per heavy atom. The molecule has 0 aliphatic rings. The van der Waals surface area contributed by atoms with Crippen LogP contribution in [0.2, 0.25) is 0 Å². The average molecular weight is 282 g/mol. The molecule has 0 heterocycles. The summed E-state index contributed by atoms with van der Waals surface area (Å²) in [7, 11) is 0. The average Bonchev–Trinajstić information content (AvgIpc) is 2.38. The SMILES string of the molecule is CCCC(OC=O)C(C(=O)O)C(N)(C#N)C(C)(N)C#N. The third-order valence-corrected chi connectivity index (χ3v) is 3.21. The van der Waals surface area contributed by atoms with Gasteiger partial charge in [-0.1, -0.05) is 13.3 Å². The summed E-state index contributed by atoms with van der Waals surface area (Å²) in [4.78, 5) is 22.0. The summed E-state index contributed by atoms with van der Waals surface area (Å²) in [6.07, 6.45) is -0.467. The zero-order valence-electron chi connectivity index (χ0n) is 11.4. The number of nitriles is 2. The topological polar surface area (TPSA) is 163 Å². The Hall–Kier alpha value is -2.16. The number of hydrogen-bond donors (Lipinski definition) is 3. The zero-order valence-corrected chi connectivity index (χ0v) is 11.4. The third-order valence-electron chi connectivity index (χ3n) is 3.21. The van der Waals surface area contributed by atoms with Crippen LogP contribution in [0.5, 0.6) is 0 Å². The van der Waals surface area contributed by atoms with E-state index in [0.29, 0.717) is 6.42 Å². The Balaban J connectivity index is 5.89. The van der Waals surface area contributed by atoms with Gasteiger partial charge in [0.15, 0.2) is 5.54 Å². The number of ether oxygens (including phenoxy) is 1. The standard InChI is InChI=1S/C12H18N4O4/c1-3-4-8(20-7-17)9(10(18)19)12(16,6-14)11(2,15)5-13/h7-9H,3-4,15-16H2,1-2H3,(H,18,19). The summed E-state index contributed by atoms with van der Waals surface area (Å²) in [5.41, 5.74) is 7.33. The van der Waals surface area contributed by atoms with Gasteiger partial charge in [-0.05, 0) is 13.3 Å². The molecule has 8 heteroatoms. The van der Waals surface area contributed by atoms with Gasteiger partial charge in [0.2, 0.25) is 0 Å². The maximum atomic E-state index is 11.5. The Morgan fingerprint density at radius 1 is 1.45 bits per heavy atom. The van der Waals surface area contributed by atoms with Gasteiger partial charge in [0.05, 0.1) is 12.1 Å². The fraction of sp³-hybridized carbons (Fsp3) is 0.667. The van der Waals surface area contributed by atoms with E-state index in [0.717, 1.165) is 6.92 Å². The Morgan fingerprint density at radius 3 is 2.30 bits per heavy atom. The first-order valence-corrected chi connectivity index (χ1v) is 5.94. The van der Waals surface area contributed by atoms with Crippen molar-refractivity contribution in [2.75, 3.05) is 0 Å². The lowest BCUT2D eigenvalue weighted by Crippen LogP contribution is -2.70. The molecule has 0 amide bonds. The third kappa shape index (κ3) is 3.23. The highest BCUT2D eigenvalue weighted by atomic mass is 16.5. The van der Waals surface area contributed by atoms with Crippen molar-refractivity contribution in [2.24, 2.45) is 17.4 Å². The summed E-state index contributed by atoms with van der Waals surface area (Å²) in [6, 6.07) is 3.23. The molecular weight excluding hydrogens is 264 g/mol. The number of carboxylic acids is 1. The summed E-state index contributed by atoms with van der Waals surface area (Å²) < 4.78 is 4.74. The highest BCUT2D eigenvalue weighted by molar-refractivity contribution is 5.74. The number of aliphatic carboxylic acids is 1. The van der Waals surface area contributed by atoms with Crippen LogP contribution in [0.1, 0.15) is 26.7 Å². The molecule has 4 unspecified atom stereocenters.